The number of aryl methyl sites for hydroxylation is 1. The first-order valence-corrected chi connectivity index (χ1v) is 7.49. The van der Waals surface area contributed by atoms with Gasteiger partial charge < -0.3 is 5.73 Å². The quantitative estimate of drug-likeness (QED) is 0.842. The normalized spacial score (nSPS) is 15.3. The fourth-order valence-electron chi connectivity index (χ4n) is 2.78. The van der Waals surface area contributed by atoms with Crippen molar-refractivity contribution in [2.75, 3.05) is 0 Å². The van der Waals surface area contributed by atoms with Crippen LogP contribution in [0.5, 0.6) is 0 Å². The van der Waals surface area contributed by atoms with Gasteiger partial charge in [-0.3, -0.25) is 4.98 Å². The summed E-state index contributed by atoms with van der Waals surface area (Å²) in [7, 11) is 0. The molecule has 0 saturated heterocycles. The number of nitrogens with two attached hydrogens (primary N) is 1. The molecule has 0 aliphatic carbocycles. The van der Waals surface area contributed by atoms with Crippen molar-refractivity contribution in [1.29, 1.82) is 0 Å². The summed E-state index contributed by atoms with van der Waals surface area (Å²) in [5.41, 5.74) is 9.05. The van der Waals surface area contributed by atoms with Crippen LogP contribution in [0.3, 0.4) is 0 Å². The summed E-state index contributed by atoms with van der Waals surface area (Å²) < 4.78 is 0. The Morgan fingerprint density at radius 3 is 2.42 bits per heavy atom. The lowest BCUT2D eigenvalue weighted by Gasteiger charge is -2.25. The van der Waals surface area contributed by atoms with Crippen molar-refractivity contribution in [2.45, 2.75) is 66.3 Å². The minimum atomic E-state index is 0.220. The molecule has 1 rings (SSSR count). The molecule has 0 amide bonds. The molecule has 0 bridgehead atoms. The third-order valence-corrected chi connectivity index (χ3v) is 3.43. The Morgan fingerprint density at radius 1 is 1.26 bits per heavy atom. The molecule has 2 unspecified atom stereocenters. The van der Waals surface area contributed by atoms with Gasteiger partial charge in [0.2, 0.25) is 0 Å². The van der Waals surface area contributed by atoms with E-state index in [4.69, 9.17) is 5.73 Å². The Labute approximate surface area is 118 Å². The third-order valence-electron chi connectivity index (χ3n) is 3.43. The minimum absolute atomic E-state index is 0.220. The van der Waals surface area contributed by atoms with Crippen LogP contribution in [0.15, 0.2) is 18.3 Å². The summed E-state index contributed by atoms with van der Waals surface area (Å²) in [5, 5.41) is 0. The lowest BCUT2D eigenvalue weighted by Crippen LogP contribution is -2.27. The number of aromatic nitrogens is 1. The van der Waals surface area contributed by atoms with E-state index in [9.17, 15) is 0 Å². The summed E-state index contributed by atoms with van der Waals surface area (Å²) in [6.45, 7) is 11.3. The average molecular weight is 262 g/mol. The van der Waals surface area contributed by atoms with E-state index in [0.29, 0.717) is 11.3 Å². The molecule has 2 N–H and O–H groups in total. The van der Waals surface area contributed by atoms with Crippen molar-refractivity contribution in [2.24, 2.45) is 17.1 Å². The van der Waals surface area contributed by atoms with E-state index < -0.39 is 0 Å². The van der Waals surface area contributed by atoms with E-state index in [-0.39, 0.29) is 6.04 Å². The molecule has 0 saturated carbocycles. The summed E-state index contributed by atoms with van der Waals surface area (Å²) in [5.74, 6) is 0.671. The summed E-state index contributed by atoms with van der Waals surface area (Å²) >= 11 is 0. The van der Waals surface area contributed by atoms with Crippen molar-refractivity contribution >= 4 is 0 Å². The smallest absolute Gasteiger partial charge is 0.0419 e. The molecule has 0 fully saturated rings. The second-order valence-electron chi connectivity index (χ2n) is 7.08. The van der Waals surface area contributed by atoms with Gasteiger partial charge >= 0.3 is 0 Å². The van der Waals surface area contributed by atoms with Crippen molar-refractivity contribution in [3.05, 3.63) is 29.6 Å². The monoisotopic (exact) mass is 262 g/mol. The van der Waals surface area contributed by atoms with E-state index in [1.165, 1.54) is 12.0 Å². The Bertz CT molecular complexity index is 362. The van der Waals surface area contributed by atoms with Crippen molar-refractivity contribution in [1.82, 2.24) is 4.98 Å². The summed E-state index contributed by atoms with van der Waals surface area (Å²) in [6, 6.07) is 4.50. The fraction of sp³-hybridized carbons (Fsp3) is 0.706. The first-order chi connectivity index (χ1) is 8.80. The molecular weight excluding hydrogens is 232 g/mol. The van der Waals surface area contributed by atoms with E-state index in [1.54, 1.807) is 0 Å². The van der Waals surface area contributed by atoms with Gasteiger partial charge in [0.15, 0.2) is 0 Å². The van der Waals surface area contributed by atoms with E-state index >= 15 is 0 Å². The minimum Gasteiger partial charge on any atom is -0.327 e. The number of pyridine rings is 1. The Kier molecular flexibility index (Phi) is 5.99. The van der Waals surface area contributed by atoms with Gasteiger partial charge in [-0.2, -0.15) is 0 Å². The lowest BCUT2D eigenvalue weighted by atomic mass is 9.82. The van der Waals surface area contributed by atoms with Gasteiger partial charge in [0.05, 0.1) is 0 Å². The lowest BCUT2D eigenvalue weighted by molar-refractivity contribution is 0.285. The predicted molar refractivity (Wildman–Crippen MR) is 83.1 cm³/mol. The first-order valence-electron chi connectivity index (χ1n) is 7.49. The number of hydrogen-bond donors (Lipinski definition) is 1. The van der Waals surface area contributed by atoms with Crippen molar-refractivity contribution in [3.63, 3.8) is 0 Å². The summed E-state index contributed by atoms with van der Waals surface area (Å²) in [4.78, 5) is 4.49. The standard InChI is InChI=1S/C17H30N2/c1-6-14-7-8-16(19-12-14)10-15(18)9-13(2)11-17(3,4)5/h7-8,12-13,15H,6,9-11,18H2,1-5H3. The number of hydrogen-bond acceptors (Lipinski definition) is 2. The van der Waals surface area contributed by atoms with E-state index in [2.05, 4.69) is 51.7 Å². The largest absolute Gasteiger partial charge is 0.327 e. The Morgan fingerprint density at radius 2 is 1.95 bits per heavy atom. The van der Waals surface area contributed by atoms with Crippen LogP contribution in [0.25, 0.3) is 0 Å². The van der Waals surface area contributed by atoms with Gasteiger partial charge in [-0.05, 0) is 42.2 Å². The molecule has 0 aliphatic heterocycles. The van der Waals surface area contributed by atoms with Crippen molar-refractivity contribution < 1.29 is 0 Å². The molecule has 0 spiro atoms. The zero-order chi connectivity index (χ0) is 14.5. The highest BCUT2D eigenvalue weighted by atomic mass is 14.7. The molecule has 1 heterocycles. The first kappa shape index (κ1) is 16.2. The highest BCUT2D eigenvalue weighted by molar-refractivity contribution is 5.14. The van der Waals surface area contributed by atoms with Gasteiger partial charge in [-0.25, -0.2) is 0 Å². The van der Waals surface area contributed by atoms with E-state index in [1.807, 2.05) is 6.20 Å². The second kappa shape index (κ2) is 7.04. The highest BCUT2D eigenvalue weighted by Gasteiger charge is 2.17. The second-order valence-corrected chi connectivity index (χ2v) is 7.08. The molecule has 19 heavy (non-hydrogen) atoms. The topological polar surface area (TPSA) is 38.9 Å². The van der Waals surface area contributed by atoms with Crippen molar-refractivity contribution in [3.8, 4) is 0 Å². The zero-order valence-electron chi connectivity index (χ0n) is 13.2. The molecular formula is C17H30N2. The maximum atomic E-state index is 6.26. The molecule has 1 aromatic heterocycles. The van der Waals surface area contributed by atoms with Crippen LogP contribution < -0.4 is 5.73 Å². The van der Waals surface area contributed by atoms with Crippen LogP contribution in [0.2, 0.25) is 0 Å². The zero-order valence-corrected chi connectivity index (χ0v) is 13.2. The van der Waals surface area contributed by atoms with Gasteiger partial charge in [0.1, 0.15) is 0 Å². The van der Waals surface area contributed by atoms with Crippen LogP contribution in [-0.2, 0) is 12.8 Å². The highest BCUT2D eigenvalue weighted by Crippen LogP contribution is 2.26. The fourth-order valence-corrected chi connectivity index (χ4v) is 2.78. The van der Waals surface area contributed by atoms with E-state index in [0.717, 1.165) is 25.0 Å². The molecule has 0 aromatic carbocycles. The maximum absolute atomic E-state index is 6.26. The maximum Gasteiger partial charge on any atom is 0.0419 e. The van der Waals surface area contributed by atoms with Gasteiger partial charge in [-0.15, -0.1) is 0 Å². The number of rotatable bonds is 6. The van der Waals surface area contributed by atoms with Crippen LogP contribution in [0, 0.1) is 11.3 Å². The van der Waals surface area contributed by atoms with Crippen LogP contribution in [-0.4, -0.2) is 11.0 Å². The van der Waals surface area contributed by atoms with Crippen LogP contribution in [0.1, 0.15) is 58.7 Å². The SMILES string of the molecule is CCc1ccc(CC(N)CC(C)CC(C)(C)C)nc1. The van der Waals surface area contributed by atoms with Crippen LogP contribution in [0.4, 0.5) is 0 Å². The van der Waals surface area contributed by atoms with Gasteiger partial charge in [0, 0.05) is 24.4 Å². The summed E-state index contributed by atoms with van der Waals surface area (Å²) in [6.07, 6.45) is 6.21. The van der Waals surface area contributed by atoms with Crippen LogP contribution >= 0.6 is 0 Å². The molecule has 2 nitrogen and oxygen atoms in total. The average Bonchev–Trinajstić information content (AvgIpc) is 2.27. The van der Waals surface area contributed by atoms with Gasteiger partial charge in [0.25, 0.3) is 0 Å². The molecule has 108 valence electrons. The molecule has 2 heteroatoms. The Balaban J connectivity index is 2.43. The third kappa shape index (κ3) is 6.72. The molecule has 0 aliphatic rings. The van der Waals surface area contributed by atoms with Gasteiger partial charge in [-0.1, -0.05) is 40.7 Å². The Hall–Kier alpha value is -0.890. The number of nitrogens with zero attached hydrogens (tertiary/aromatic N) is 1. The molecule has 0 radical (unpaired) electrons. The predicted octanol–water partition coefficient (Wildman–Crippen LogP) is 3.98. The molecule has 1 aromatic rings. The molecule has 2 atom stereocenters.